The van der Waals surface area contributed by atoms with Crippen molar-refractivity contribution >= 4 is 16.7 Å². The van der Waals surface area contributed by atoms with Crippen LogP contribution in [0.4, 0.5) is 0 Å². The third-order valence-corrected chi connectivity index (χ3v) is 4.86. The first-order chi connectivity index (χ1) is 8.68. The maximum absolute atomic E-state index is 11.9. The van der Waals surface area contributed by atoms with E-state index in [1.165, 1.54) is 0 Å². The Morgan fingerprint density at radius 3 is 2.83 bits per heavy atom. The van der Waals surface area contributed by atoms with Gasteiger partial charge in [-0.3, -0.25) is 9.00 Å². The molecule has 1 saturated carbocycles. The van der Waals surface area contributed by atoms with Gasteiger partial charge in [-0.1, -0.05) is 12.8 Å². The number of hydrogen-bond donors (Lipinski definition) is 1. The lowest BCUT2D eigenvalue weighted by molar-refractivity contribution is -0.124. The molecule has 0 bridgehead atoms. The average Bonchev–Trinajstić information content (AvgIpc) is 2.99. The summed E-state index contributed by atoms with van der Waals surface area (Å²) < 4.78 is 17.0. The number of carbonyl (C=O) groups excluding carboxylic acids is 1. The van der Waals surface area contributed by atoms with Gasteiger partial charge in [0.25, 0.3) is 0 Å². The summed E-state index contributed by atoms with van der Waals surface area (Å²) in [6, 6.07) is 1.73. The van der Waals surface area contributed by atoms with E-state index in [9.17, 15) is 9.00 Å². The summed E-state index contributed by atoms with van der Waals surface area (Å²) in [4.78, 5) is 12.5. The predicted molar refractivity (Wildman–Crippen MR) is 69.7 cm³/mol. The highest BCUT2D eigenvalue weighted by Gasteiger charge is 2.22. The highest BCUT2D eigenvalue weighted by atomic mass is 32.2. The van der Waals surface area contributed by atoms with Gasteiger partial charge in [-0.05, 0) is 25.8 Å². The van der Waals surface area contributed by atoms with Crippen molar-refractivity contribution in [2.45, 2.75) is 37.5 Å². The van der Waals surface area contributed by atoms with Crippen molar-refractivity contribution in [2.75, 3.05) is 12.3 Å². The predicted octanol–water partition coefficient (Wildman–Crippen LogP) is 2.00. The first kappa shape index (κ1) is 13.3. The second-order valence-electron chi connectivity index (χ2n) is 4.66. The molecule has 1 amide bonds. The molecule has 1 atom stereocenters. The lowest BCUT2D eigenvalue weighted by atomic mass is 10.1. The summed E-state index contributed by atoms with van der Waals surface area (Å²) in [6.45, 7) is 2.26. The molecular formula is C13H19NO3S. The highest BCUT2D eigenvalue weighted by molar-refractivity contribution is 7.85. The molecule has 0 radical (unpaired) electrons. The van der Waals surface area contributed by atoms with E-state index in [2.05, 4.69) is 5.32 Å². The molecule has 0 saturated heterocycles. The van der Waals surface area contributed by atoms with Crippen molar-refractivity contribution in [1.29, 1.82) is 0 Å². The molecule has 4 nitrogen and oxygen atoms in total. The molecule has 1 fully saturated rings. The first-order valence-electron chi connectivity index (χ1n) is 6.38. The Bertz CT molecular complexity index is 435. The second kappa shape index (κ2) is 6.18. The van der Waals surface area contributed by atoms with Crippen molar-refractivity contribution < 1.29 is 13.4 Å². The van der Waals surface area contributed by atoms with Gasteiger partial charge in [-0.2, -0.15) is 0 Å². The fourth-order valence-electron chi connectivity index (χ4n) is 2.32. The topological polar surface area (TPSA) is 59.3 Å². The number of carbonyl (C=O) groups is 1. The van der Waals surface area contributed by atoms with Crippen LogP contribution in [-0.2, 0) is 15.6 Å². The molecule has 18 heavy (non-hydrogen) atoms. The van der Waals surface area contributed by atoms with E-state index in [0.717, 1.165) is 30.6 Å². The standard InChI is InChI=1S/C13H19NO3S/c1-10-12(6-8-17-10)18(16)9-7-14-13(15)11-4-2-3-5-11/h6,8,11H,2-5,7,9H2,1H3,(H,14,15)/t18-/m1/s1. The van der Waals surface area contributed by atoms with Crippen molar-refractivity contribution in [3.63, 3.8) is 0 Å². The number of amides is 1. The van der Waals surface area contributed by atoms with Crippen LogP contribution < -0.4 is 5.32 Å². The Kier molecular flexibility index (Phi) is 4.58. The molecule has 1 aliphatic carbocycles. The minimum absolute atomic E-state index is 0.119. The van der Waals surface area contributed by atoms with E-state index in [-0.39, 0.29) is 11.8 Å². The van der Waals surface area contributed by atoms with Crippen molar-refractivity contribution in [2.24, 2.45) is 5.92 Å². The van der Waals surface area contributed by atoms with Crippen molar-refractivity contribution in [3.8, 4) is 0 Å². The Morgan fingerprint density at radius 2 is 2.22 bits per heavy atom. The molecule has 0 unspecified atom stereocenters. The molecule has 1 aromatic rings. The molecule has 0 aliphatic heterocycles. The van der Waals surface area contributed by atoms with Gasteiger partial charge in [0.1, 0.15) is 5.76 Å². The maximum Gasteiger partial charge on any atom is 0.223 e. The molecule has 1 aromatic heterocycles. The van der Waals surface area contributed by atoms with Gasteiger partial charge in [0.05, 0.1) is 22.0 Å². The molecular weight excluding hydrogens is 250 g/mol. The Balaban J connectivity index is 1.73. The van der Waals surface area contributed by atoms with Gasteiger partial charge < -0.3 is 9.73 Å². The zero-order valence-electron chi connectivity index (χ0n) is 10.6. The fraction of sp³-hybridized carbons (Fsp3) is 0.615. The Labute approximate surface area is 110 Å². The molecule has 0 aromatic carbocycles. The third kappa shape index (κ3) is 3.22. The van der Waals surface area contributed by atoms with Crippen LogP contribution in [0.15, 0.2) is 21.6 Å². The largest absolute Gasteiger partial charge is 0.468 e. The van der Waals surface area contributed by atoms with Gasteiger partial charge in [0.15, 0.2) is 0 Å². The van der Waals surface area contributed by atoms with Crippen LogP contribution in [0.2, 0.25) is 0 Å². The zero-order chi connectivity index (χ0) is 13.0. The van der Waals surface area contributed by atoms with Crippen LogP contribution in [0.1, 0.15) is 31.4 Å². The first-order valence-corrected chi connectivity index (χ1v) is 7.70. The van der Waals surface area contributed by atoms with Crippen LogP contribution in [0.3, 0.4) is 0 Å². The number of hydrogen-bond acceptors (Lipinski definition) is 3. The minimum Gasteiger partial charge on any atom is -0.468 e. The van der Waals surface area contributed by atoms with Gasteiger partial charge in [-0.15, -0.1) is 0 Å². The summed E-state index contributed by atoms with van der Waals surface area (Å²) in [6.07, 6.45) is 5.83. The average molecular weight is 269 g/mol. The van der Waals surface area contributed by atoms with Crippen LogP contribution in [-0.4, -0.2) is 22.4 Å². The molecule has 1 aliphatic rings. The maximum atomic E-state index is 11.9. The van der Waals surface area contributed by atoms with E-state index >= 15 is 0 Å². The molecule has 0 spiro atoms. The fourth-order valence-corrected chi connectivity index (χ4v) is 3.40. The van der Waals surface area contributed by atoms with E-state index in [1.807, 2.05) is 0 Å². The summed E-state index contributed by atoms with van der Waals surface area (Å²) in [5, 5.41) is 2.87. The molecule has 100 valence electrons. The lowest BCUT2D eigenvalue weighted by Crippen LogP contribution is -2.32. The Hall–Kier alpha value is -1.10. The van der Waals surface area contributed by atoms with E-state index in [0.29, 0.717) is 18.1 Å². The third-order valence-electron chi connectivity index (χ3n) is 3.37. The van der Waals surface area contributed by atoms with Crippen LogP contribution >= 0.6 is 0 Å². The van der Waals surface area contributed by atoms with E-state index in [1.54, 1.807) is 19.3 Å². The highest BCUT2D eigenvalue weighted by Crippen LogP contribution is 2.24. The van der Waals surface area contributed by atoms with Gasteiger partial charge in [-0.25, -0.2) is 0 Å². The van der Waals surface area contributed by atoms with Crippen molar-refractivity contribution in [1.82, 2.24) is 5.32 Å². The Morgan fingerprint density at radius 1 is 1.50 bits per heavy atom. The SMILES string of the molecule is Cc1occc1[S@](=O)CCNC(=O)C1CCCC1. The zero-order valence-corrected chi connectivity index (χ0v) is 11.4. The molecule has 5 heteroatoms. The van der Waals surface area contributed by atoms with Crippen molar-refractivity contribution in [3.05, 3.63) is 18.1 Å². The van der Waals surface area contributed by atoms with Gasteiger partial charge >= 0.3 is 0 Å². The van der Waals surface area contributed by atoms with Crippen LogP contribution in [0.5, 0.6) is 0 Å². The molecule has 2 rings (SSSR count). The molecule has 1 N–H and O–H groups in total. The van der Waals surface area contributed by atoms with Gasteiger partial charge in [0.2, 0.25) is 5.91 Å². The number of rotatable bonds is 5. The number of furan rings is 1. The van der Waals surface area contributed by atoms with E-state index in [4.69, 9.17) is 4.42 Å². The quantitative estimate of drug-likeness (QED) is 0.889. The van der Waals surface area contributed by atoms with Crippen LogP contribution in [0.25, 0.3) is 0 Å². The normalized spacial score (nSPS) is 17.8. The van der Waals surface area contributed by atoms with Crippen LogP contribution in [0, 0.1) is 12.8 Å². The van der Waals surface area contributed by atoms with Gasteiger partial charge in [0, 0.05) is 18.2 Å². The smallest absolute Gasteiger partial charge is 0.223 e. The summed E-state index contributed by atoms with van der Waals surface area (Å²) in [7, 11) is -1.09. The number of nitrogens with one attached hydrogen (secondary N) is 1. The van der Waals surface area contributed by atoms with E-state index < -0.39 is 10.8 Å². The monoisotopic (exact) mass is 269 g/mol. The molecule has 1 heterocycles. The summed E-state index contributed by atoms with van der Waals surface area (Å²) >= 11 is 0. The number of aryl methyl sites for hydroxylation is 1. The second-order valence-corrected chi connectivity index (χ2v) is 6.20. The lowest BCUT2D eigenvalue weighted by Gasteiger charge is -2.09. The minimum atomic E-state index is -1.09. The summed E-state index contributed by atoms with van der Waals surface area (Å²) in [5.41, 5.74) is 0. The summed E-state index contributed by atoms with van der Waals surface area (Å²) in [5.74, 6) is 1.43.